The van der Waals surface area contributed by atoms with Gasteiger partial charge in [-0.1, -0.05) is 0 Å². The van der Waals surface area contributed by atoms with E-state index < -0.39 is 0 Å². The van der Waals surface area contributed by atoms with E-state index in [1.165, 1.54) is 18.6 Å². The zero-order chi connectivity index (χ0) is 12.0. The van der Waals surface area contributed by atoms with E-state index in [9.17, 15) is 9.90 Å². The molecule has 2 fully saturated rings. The minimum Gasteiger partial charge on any atom is -0.508 e. The van der Waals surface area contributed by atoms with Crippen LogP contribution in [0.25, 0.3) is 0 Å². The molecule has 2 atom stereocenters. The number of anilines is 1. The quantitative estimate of drug-likeness (QED) is 0.571. The smallest absolute Gasteiger partial charge is 0.256 e. The van der Waals surface area contributed by atoms with E-state index in [0.717, 1.165) is 19.4 Å². The molecule has 0 spiro atoms. The fraction of sp³-hybridized carbons (Fsp3) is 0.462. The van der Waals surface area contributed by atoms with Gasteiger partial charge in [0.05, 0.1) is 5.56 Å². The Morgan fingerprint density at radius 3 is 2.88 bits per heavy atom. The van der Waals surface area contributed by atoms with E-state index in [1.807, 2.05) is 4.90 Å². The average molecular weight is 232 g/mol. The first-order chi connectivity index (χ1) is 8.15. The van der Waals surface area contributed by atoms with Crippen molar-refractivity contribution in [1.29, 1.82) is 0 Å². The molecule has 1 saturated heterocycles. The first-order valence-electron chi connectivity index (χ1n) is 6.04. The lowest BCUT2D eigenvalue weighted by Crippen LogP contribution is -2.37. The van der Waals surface area contributed by atoms with Gasteiger partial charge in [-0.2, -0.15) is 0 Å². The van der Waals surface area contributed by atoms with Gasteiger partial charge in [-0.05, 0) is 43.4 Å². The highest BCUT2D eigenvalue weighted by molar-refractivity contribution is 6.00. The van der Waals surface area contributed by atoms with Crippen molar-refractivity contribution in [2.75, 3.05) is 12.3 Å². The molecule has 3 rings (SSSR count). The number of carbonyl (C=O) groups excluding carboxylic acids is 1. The lowest BCUT2D eigenvalue weighted by atomic mass is 10.1. The van der Waals surface area contributed by atoms with Crippen molar-refractivity contribution < 1.29 is 9.90 Å². The Labute approximate surface area is 100 Å². The van der Waals surface area contributed by atoms with Crippen LogP contribution in [0.1, 0.15) is 29.6 Å². The zero-order valence-electron chi connectivity index (χ0n) is 9.60. The van der Waals surface area contributed by atoms with Gasteiger partial charge >= 0.3 is 0 Å². The van der Waals surface area contributed by atoms with Crippen molar-refractivity contribution in [1.82, 2.24) is 4.90 Å². The van der Waals surface area contributed by atoms with Crippen LogP contribution in [0.4, 0.5) is 5.69 Å². The molecule has 4 nitrogen and oxygen atoms in total. The summed E-state index contributed by atoms with van der Waals surface area (Å²) < 4.78 is 0. The second kappa shape index (κ2) is 3.65. The maximum atomic E-state index is 12.3. The molecular weight excluding hydrogens is 216 g/mol. The molecule has 1 aromatic carbocycles. The van der Waals surface area contributed by atoms with Gasteiger partial charge in [0.2, 0.25) is 0 Å². The highest BCUT2D eigenvalue weighted by Gasteiger charge is 2.40. The van der Waals surface area contributed by atoms with Crippen LogP contribution in [0.2, 0.25) is 0 Å². The lowest BCUT2D eigenvalue weighted by molar-refractivity contribution is 0.0704. The van der Waals surface area contributed by atoms with Gasteiger partial charge < -0.3 is 15.7 Å². The van der Waals surface area contributed by atoms with E-state index in [0.29, 0.717) is 23.2 Å². The summed E-state index contributed by atoms with van der Waals surface area (Å²) in [6, 6.07) is 4.93. The van der Waals surface area contributed by atoms with E-state index in [2.05, 4.69) is 0 Å². The van der Waals surface area contributed by atoms with Crippen LogP contribution in [-0.4, -0.2) is 28.5 Å². The molecule has 1 heterocycles. The van der Waals surface area contributed by atoms with Gasteiger partial charge in [0, 0.05) is 18.3 Å². The molecule has 90 valence electrons. The topological polar surface area (TPSA) is 66.6 Å². The molecule has 2 unspecified atom stereocenters. The van der Waals surface area contributed by atoms with Gasteiger partial charge in [0.1, 0.15) is 5.75 Å². The molecule has 2 aliphatic rings. The molecule has 1 aliphatic heterocycles. The molecule has 1 aliphatic carbocycles. The van der Waals surface area contributed by atoms with Gasteiger partial charge in [-0.25, -0.2) is 0 Å². The Kier molecular flexibility index (Phi) is 2.24. The summed E-state index contributed by atoms with van der Waals surface area (Å²) in [5.41, 5.74) is 6.67. The second-order valence-electron chi connectivity index (χ2n) is 5.06. The fourth-order valence-corrected chi connectivity index (χ4v) is 3.06. The summed E-state index contributed by atoms with van der Waals surface area (Å²) in [4.78, 5) is 14.3. The number of rotatable bonds is 1. The highest BCUT2D eigenvalue weighted by Crippen LogP contribution is 2.38. The molecule has 0 aromatic heterocycles. The number of hydrogen-bond donors (Lipinski definition) is 2. The number of aromatic hydroxyl groups is 1. The molecule has 1 amide bonds. The molecule has 4 heteroatoms. The van der Waals surface area contributed by atoms with Crippen molar-refractivity contribution in [2.45, 2.75) is 25.3 Å². The molecule has 1 aromatic rings. The van der Waals surface area contributed by atoms with Crippen LogP contribution in [-0.2, 0) is 0 Å². The van der Waals surface area contributed by atoms with Crippen LogP contribution in [0, 0.1) is 5.92 Å². The molecule has 1 saturated carbocycles. The minimum absolute atomic E-state index is 0.0365. The maximum absolute atomic E-state index is 12.3. The number of nitrogens with zero attached hydrogens (tertiary/aromatic N) is 1. The van der Waals surface area contributed by atoms with Crippen molar-refractivity contribution in [3.05, 3.63) is 23.8 Å². The first-order valence-corrected chi connectivity index (χ1v) is 6.04. The van der Waals surface area contributed by atoms with E-state index in [1.54, 1.807) is 6.07 Å². The molecule has 2 bridgehead atoms. The highest BCUT2D eigenvalue weighted by atomic mass is 16.3. The average Bonchev–Trinajstić information content (AvgIpc) is 2.93. The van der Waals surface area contributed by atoms with Crippen molar-refractivity contribution in [2.24, 2.45) is 5.92 Å². The summed E-state index contributed by atoms with van der Waals surface area (Å²) in [7, 11) is 0. The second-order valence-corrected chi connectivity index (χ2v) is 5.06. The SMILES string of the molecule is Nc1ccc(O)cc1C(=O)N1CC2CCC1C2. The number of phenols is 1. The summed E-state index contributed by atoms with van der Waals surface area (Å²) in [6.07, 6.45) is 3.48. The van der Waals surface area contributed by atoms with Crippen LogP contribution in [0.5, 0.6) is 5.75 Å². The molecule has 0 radical (unpaired) electrons. The van der Waals surface area contributed by atoms with Crippen molar-refractivity contribution >= 4 is 11.6 Å². The fourth-order valence-electron chi connectivity index (χ4n) is 3.06. The van der Waals surface area contributed by atoms with E-state index in [4.69, 9.17) is 5.73 Å². The van der Waals surface area contributed by atoms with E-state index >= 15 is 0 Å². The Bertz CT molecular complexity index is 472. The van der Waals surface area contributed by atoms with Gasteiger partial charge in [0.25, 0.3) is 5.91 Å². The van der Waals surface area contributed by atoms with Crippen LogP contribution in [0.15, 0.2) is 18.2 Å². The molecule has 17 heavy (non-hydrogen) atoms. The Morgan fingerprint density at radius 2 is 2.24 bits per heavy atom. The first kappa shape index (κ1) is 10.4. The number of fused-ring (bicyclic) bond motifs is 2. The largest absolute Gasteiger partial charge is 0.508 e. The number of hydrogen-bond acceptors (Lipinski definition) is 3. The standard InChI is InChI=1S/C13H16N2O2/c14-12-4-3-10(16)6-11(12)13(17)15-7-8-1-2-9(15)5-8/h3-4,6,8-9,16H,1-2,5,7,14H2. The maximum Gasteiger partial charge on any atom is 0.256 e. The molecular formula is C13H16N2O2. The summed E-state index contributed by atoms with van der Waals surface area (Å²) in [6.45, 7) is 0.846. The minimum atomic E-state index is -0.0365. The lowest BCUT2D eigenvalue weighted by Gasteiger charge is -2.27. The van der Waals surface area contributed by atoms with E-state index in [-0.39, 0.29) is 11.7 Å². The van der Waals surface area contributed by atoms with Gasteiger partial charge in [-0.15, -0.1) is 0 Å². The molecule has 3 N–H and O–H groups in total. The predicted molar refractivity (Wildman–Crippen MR) is 64.7 cm³/mol. The Morgan fingerprint density at radius 1 is 1.41 bits per heavy atom. The number of phenolic OH excluding ortho intramolecular Hbond substituents is 1. The summed E-state index contributed by atoms with van der Waals surface area (Å²) in [5, 5.41) is 9.43. The zero-order valence-corrected chi connectivity index (χ0v) is 9.60. The Hall–Kier alpha value is -1.71. The van der Waals surface area contributed by atoms with Crippen LogP contribution < -0.4 is 5.73 Å². The number of amides is 1. The third-order valence-electron chi connectivity index (χ3n) is 3.94. The number of benzene rings is 1. The number of likely N-dealkylation sites (tertiary alicyclic amines) is 1. The number of piperidine rings is 1. The third-order valence-corrected chi connectivity index (χ3v) is 3.94. The number of nitrogens with two attached hydrogens (primary N) is 1. The summed E-state index contributed by atoms with van der Waals surface area (Å²) >= 11 is 0. The Balaban J connectivity index is 1.89. The number of nitrogen functional groups attached to an aromatic ring is 1. The van der Waals surface area contributed by atoms with Gasteiger partial charge in [0.15, 0.2) is 0 Å². The number of carbonyl (C=O) groups is 1. The predicted octanol–water partition coefficient (Wildman–Crippen LogP) is 1.60. The van der Waals surface area contributed by atoms with Crippen molar-refractivity contribution in [3.8, 4) is 5.75 Å². The van der Waals surface area contributed by atoms with Crippen molar-refractivity contribution in [3.63, 3.8) is 0 Å². The third kappa shape index (κ3) is 1.64. The summed E-state index contributed by atoms with van der Waals surface area (Å²) in [5.74, 6) is 0.722. The van der Waals surface area contributed by atoms with Crippen LogP contribution in [0.3, 0.4) is 0 Å². The van der Waals surface area contributed by atoms with Gasteiger partial charge in [-0.3, -0.25) is 4.79 Å². The normalized spacial score (nSPS) is 26.5. The monoisotopic (exact) mass is 232 g/mol. The van der Waals surface area contributed by atoms with Crippen LogP contribution >= 0.6 is 0 Å².